The van der Waals surface area contributed by atoms with Gasteiger partial charge in [-0.2, -0.15) is 5.26 Å². The normalized spacial score (nSPS) is 25.1. The number of nitrogens with two attached hydrogens (primary N) is 1. The van der Waals surface area contributed by atoms with E-state index < -0.39 is 6.04 Å². The molecule has 0 spiro atoms. The smallest absolute Gasteiger partial charge is 0.240 e. The second kappa shape index (κ2) is 3.55. The highest BCUT2D eigenvalue weighted by Gasteiger charge is 2.29. The molecule has 0 saturated carbocycles. The van der Waals surface area contributed by atoms with E-state index in [0.29, 0.717) is 6.54 Å². The largest absolute Gasteiger partial charge is 0.325 e. The summed E-state index contributed by atoms with van der Waals surface area (Å²) in [4.78, 5) is 12.9. The van der Waals surface area contributed by atoms with Crippen LogP contribution >= 0.6 is 0 Å². The number of carbonyl (C=O) groups excluding carboxylic acids is 1. The van der Waals surface area contributed by atoms with Gasteiger partial charge in [0.05, 0.1) is 12.1 Å². The van der Waals surface area contributed by atoms with E-state index >= 15 is 0 Å². The molecule has 4 nitrogen and oxygen atoms in total. The number of rotatable bonds is 1. The van der Waals surface area contributed by atoms with Crippen LogP contribution < -0.4 is 5.73 Å². The van der Waals surface area contributed by atoms with Gasteiger partial charge < -0.3 is 10.6 Å². The van der Waals surface area contributed by atoms with Gasteiger partial charge in [-0.1, -0.05) is 0 Å². The molecule has 1 aliphatic heterocycles. The summed E-state index contributed by atoms with van der Waals surface area (Å²) in [5.74, 6) is -0.112. The standard InChI is InChI=1S/C8H13N3O/c1-6(10)8(12)11-4-2-3-7(11)5-9/h6-7H,2-4,10H2,1H3/t6-,7+/m1/s1. The molecular weight excluding hydrogens is 154 g/mol. The number of likely N-dealkylation sites (tertiary alicyclic amines) is 1. The highest BCUT2D eigenvalue weighted by Crippen LogP contribution is 2.16. The average molecular weight is 167 g/mol. The van der Waals surface area contributed by atoms with Crippen LogP contribution in [-0.4, -0.2) is 29.4 Å². The lowest BCUT2D eigenvalue weighted by Crippen LogP contribution is -2.44. The maximum Gasteiger partial charge on any atom is 0.240 e. The van der Waals surface area contributed by atoms with Crippen molar-refractivity contribution in [3.05, 3.63) is 0 Å². The minimum atomic E-state index is -0.487. The Hall–Kier alpha value is -1.08. The van der Waals surface area contributed by atoms with Crippen molar-refractivity contribution >= 4 is 5.91 Å². The molecule has 0 bridgehead atoms. The maximum atomic E-state index is 11.4. The number of amides is 1. The molecule has 1 fully saturated rings. The number of nitriles is 1. The predicted molar refractivity (Wildman–Crippen MR) is 44.0 cm³/mol. The first-order valence-electron chi connectivity index (χ1n) is 4.12. The topological polar surface area (TPSA) is 70.1 Å². The van der Waals surface area contributed by atoms with Crippen molar-refractivity contribution in [3.63, 3.8) is 0 Å². The van der Waals surface area contributed by atoms with E-state index in [4.69, 9.17) is 11.0 Å². The number of nitrogens with zero attached hydrogens (tertiary/aromatic N) is 2. The van der Waals surface area contributed by atoms with E-state index in [1.165, 1.54) is 0 Å². The molecule has 0 aromatic carbocycles. The average Bonchev–Trinajstić information content (AvgIpc) is 2.49. The first-order valence-corrected chi connectivity index (χ1v) is 4.12. The molecule has 1 saturated heterocycles. The minimum Gasteiger partial charge on any atom is -0.325 e. The molecule has 12 heavy (non-hydrogen) atoms. The fourth-order valence-electron chi connectivity index (χ4n) is 1.43. The summed E-state index contributed by atoms with van der Waals surface area (Å²) < 4.78 is 0. The molecule has 2 atom stereocenters. The van der Waals surface area contributed by atoms with Crippen LogP contribution in [0.5, 0.6) is 0 Å². The van der Waals surface area contributed by atoms with Gasteiger partial charge >= 0.3 is 0 Å². The first kappa shape index (κ1) is 9.01. The van der Waals surface area contributed by atoms with Gasteiger partial charge in [0, 0.05) is 6.54 Å². The van der Waals surface area contributed by atoms with Crippen molar-refractivity contribution < 1.29 is 4.79 Å². The third-order valence-electron chi connectivity index (χ3n) is 2.07. The monoisotopic (exact) mass is 167 g/mol. The van der Waals surface area contributed by atoms with Crippen LogP contribution in [0, 0.1) is 11.3 Å². The van der Waals surface area contributed by atoms with Crippen LogP contribution in [0.25, 0.3) is 0 Å². The van der Waals surface area contributed by atoms with Crippen LogP contribution in [0.15, 0.2) is 0 Å². The number of hydrogen-bond donors (Lipinski definition) is 1. The van der Waals surface area contributed by atoms with Crippen molar-refractivity contribution in [1.82, 2.24) is 4.90 Å². The summed E-state index contributed by atoms with van der Waals surface area (Å²) in [6.07, 6.45) is 1.70. The molecule has 0 aromatic rings. The van der Waals surface area contributed by atoms with Gasteiger partial charge in [-0.3, -0.25) is 4.79 Å². The van der Waals surface area contributed by atoms with E-state index in [9.17, 15) is 4.79 Å². The minimum absolute atomic E-state index is 0.112. The fraction of sp³-hybridized carbons (Fsp3) is 0.750. The summed E-state index contributed by atoms with van der Waals surface area (Å²) in [5.41, 5.74) is 5.43. The van der Waals surface area contributed by atoms with Gasteiger partial charge in [0.15, 0.2) is 0 Å². The van der Waals surface area contributed by atoms with Gasteiger partial charge in [0.2, 0.25) is 5.91 Å². The second-order valence-electron chi connectivity index (χ2n) is 3.11. The Bertz CT molecular complexity index is 219. The van der Waals surface area contributed by atoms with Crippen molar-refractivity contribution in [2.24, 2.45) is 5.73 Å². The Kier molecular flexibility index (Phi) is 2.66. The van der Waals surface area contributed by atoms with Gasteiger partial charge in [-0.25, -0.2) is 0 Å². The lowest BCUT2D eigenvalue weighted by atomic mass is 10.2. The Morgan fingerprint density at radius 2 is 2.50 bits per heavy atom. The Morgan fingerprint density at radius 3 is 3.00 bits per heavy atom. The van der Waals surface area contributed by atoms with Gasteiger partial charge in [0.25, 0.3) is 0 Å². The molecule has 66 valence electrons. The van der Waals surface area contributed by atoms with Crippen molar-refractivity contribution in [3.8, 4) is 6.07 Å². The zero-order valence-electron chi connectivity index (χ0n) is 7.16. The second-order valence-corrected chi connectivity index (χ2v) is 3.11. The third kappa shape index (κ3) is 1.56. The Balaban J connectivity index is 2.63. The van der Waals surface area contributed by atoms with Gasteiger partial charge in [-0.05, 0) is 19.8 Å². The van der Waals surface area contributed by atoms with Crippen LogP contribution in [0.3, 0.4) is 0 Å². The van der Waals surface area contributed by atoms with Crippen molar-refractivity contribution in [1.29, 1.82) is 5.26 Å². The third-order valence-corrected chi connectivity index (χ3v) is 2.07. The summed E-state index contributed by atoms with van der Waals surface area (Å²) in [7, 11) is 0. The van der Waals surface area contributed by atoms with Gasteiger partial charge in [-0.15, -0.1) is 0 Å². The lowest BCUT2D eigenvalue weighted by Gasteiger charge is -2.21. The quantitative estimate of drug-likeness (QED) is 0.590. The van der Waals surface area contributed by atoms with Gasteiger partial charge in [0.1, 0.15) is 6.04 Å². The fourth-order valence-corrected chi connectivity index (χ4v) is 1.43. The number of carbonyl (C=O) groups is 1. The molecule has 2 N–H and O–H groups in total. The van der Waals surface area contributed by atoms with Crippen LogP contribution in [0.2, 0.25) is 0 Å². The first-order chi connectivity index (χ1) is 5.66. The van der Waals surface area contributed by atoms with Crippen molar-refractivity contribution in [2.75, 3.05) is 6.54 Å². The highest BCUT2D eigenvalue weighted by atomic mass is 16.2. The SMILES string of the molecule is C[C@@H](N)C(=O)N1CCC[C@H]1C#N. The Morgan fingerprint density at radius 1 is 1.83 bits per heavy atom. The summed E-state index contributed by atoms with van der Waals surface area (Å²) in [6, 6.07) is 1.37. The zero-order chi connectivity index (χ0) is 9.14. The zero-order valence-corrected chi connectivity index (χ0v) is 7.16. The van der Waals surface area contributed by atoms with Crippen LogP contribution in [-0.2, 0) is 4.79 Å². The highest BCUT2D eigenvalue weighted by molar-refractivity contribution is 5.82. The maximum absolute atomic E-state index is 11.4. The summed E-state index contributed by atoms with van der Waals surface area (Å²) >= 11 is 0. The molecule has 1 amide bonds. The van der Waals surface area contributed by atoms with Crippen LogP contribution in [0.1, 0.15) is 19.8 Å². The van der Waals surface area contributed by atoms with E-state index in [2.05, 4.69) is 6.07 Å². The van der Waals surface area contributed by atoms with Crippen LogP contribution in [0.4, 0.5) is 0 Å². The van der Waals surface area contributed by atoms with E-state index in [-0.39, 0.29) is 11.9 Å². The predicted octanol–water partition coefficient (Wildman–Crippen LogP) is -0.152. The molecule has 1 heterocycles. The summed E-state index contributed by atoms with van der Waals surface area (Å²) in [6.45, 7) is 2.33. The molecule has 0 unspecified atom stereocenters. The molecule has 4 heteroatoms. The molecule has 0 aliphatic carbocycles. The number of hydrogen-bond acceptors (Lipinski definition) is 3. The molecule has 1 rings (SSSR count). The molecule has 0 aromatic heterocycles. The molecule has 0 radical (unpaired) electrons. The van der Waals surface area contributed by atoms with E-state index in [1.807, 2.05) is 0 Å². The summed E-state index contributed by atoms with van der Waals surface area (Å²) in [5, 5.41) is 8.68. The van der Waals surface area contributed by atoms with E-state index in [1.54, 1.807) is 11.8 Å². The lowest BCUT2D eigenvalue weighted by molar-refractivity contribution is -0.132. The van der Waals surface area contributed by atoms with Crippen molar-refractivity contribution in [2.45, 2.75) is 31.8 Å². The molecule has 1 aliphatic rings. The molecular formula is C8H13N3O. The Labute approximate surface area is 71.9 Å². The van der Waals surface area contributed by atoms with E-state index in [0.717, 1.165) is 12.8 Å².